The molecule has 1 rings (SSSR count). The molecule has 0 saturated carbocycles. The topological polar surface area (TPSA) is 71.4 Å². The summed E-state index contributed by atoms with van der Waals surface area (Å²) < 4.78 is 30.7. The second kappa shape index (κ2) is 4.55. The molecule has 1 aromatic carbocycles. The van der Waals surface area contributed by atoms with Crippen LogP contribution in [0.1, 0.15) is 23.7 Å². The summed E-state index contributed by atoms with van der Waals surface area (Å²) in [6.07, 6.45) is 0.0621. The van der Waals surface area contributed by atoms with Crippen molar-refractivity contribution >= 4 is 15.9 Å². The van der Waals surface area contributed by atoms with Gasteiger partial charge in [-0.05, 0) is 6.42 Å². The van der Waals surface area contributed by atoms with E-state index >= 15 is 0 Å². The maximum absolute atomic E-state index is 11.7. The van der Waals surface area contributed by atoms with E-state index in [2.05, 4.69) is 0 Å². The Morgan fingerprint density at radius 2 is 1.87 bits per heavy atom. The highest BCUT2D eigenvalue weighted by Crippen LogP contribution is 2.12. The summed E-state index contributed by atoms with van der Waals surface area (Å²) in [7, 11) is -4.31. The third-order valence-corrected chi connectivity index (χ3v) is 3.35. The molecule has 0 aliphatic heterocycles. The van der Waals surface area contributed by atoms with E-state index in [0.29, 0.717) is 5.56 Å². The molecule has 0 heterocycles. The summed E-state index contributed by atoms with van der Waals surface area (Å²) in [5.41, 5.74) is 0.293. The summed E-state index contributed by atoms with van der Waals surface area (Å²) >= 11 is 0. The van der Waals surface area contributed by atoms with Crippen LogP contribution in [0.3, 0.4) is 0 Å². The molecule has 4 nitrogen and oxygen atoms in total. The van der Waals surface area contributed by atoms with Crippen LogP contribution in [0.15, 0.2) is 30.3 Å². The van der Waals surface area contributed by atoms with Gasteiger partial charge in [0, 0.05) is 5.56 Å². The van der Waals surface area contributed by atoms with Crippen molar-refractivity contribution in [1.82, 2.24) is 0 Å². The van der Waals surface area contributed by atoms with Crippen LogP contribution in [-0.4, -0.2) is 24.0 Å². The first-order valence-corrected chi connectivity index (χ1v) is 6.02. The van der Waals surface area contributed by atoms with Gasteiger partial charge in [0.1, 0.15) is 5.25 Å². The zero-order valence-corrected chi connectivity index (χ0v) is 9.07. The molecule has 5 heteroatoms. The van der Waals surface area contributed by atoms with E-state index in [4.69, 9.17) is 4.55 Å². The fourth-order valence-electron chi connectivity index (χ4n) is 1.32. The molecule has 1 unspecified atom stereocenters. The monoisotopic (exact) mass is 228 g/mol. The minimum absolute atomic E-state index is 0.0621. The number of hydrogen-bond donors (Lipinski definition) is 1. The van der Waals surface area contributed by atoms with Crippen LogP contribution in [0.5, 0.6) is 0 Å². The van der Waals surface area contributed by atoms with Gasteiger partial charge in [-0.25, -0.2) is 0 Å². The molecule has 0 radical (unpaired) electrons. The van der Waals surface area contributed by atoms with Crippen molar-refractivity contribution in [3.63, 3.8) is 0 Å². The van der Waals surface area contributed by atoms with E-state index in [1.165, 1.54) is 12.1 Å². The Balaban J connectivity index is 3.04. The molecule has 1 aromatic rings. The first kappa shape index (κ1) is 11.9. The average Bonchev–Trinajstić information content (AvgIpc) is 2.18. The van der Waals surface area contributed by atoms with Crippen LogP contribution in [0.4, 0.5) is 0 Å². The molecule has 82 valence electrons. The van der Waals surface area contributed by atoms with Gasteiger partial charge >= 0.3 is 0 Å². The van der Waals surface area contributed by atoms with Crippen molar-refractivity contribution in [2.75, 3.05) is 0 Å². The van der Waals surface area contributed by atoms with E-state index in [1.807, 2.05) is 0 Å². The summed E-state index contributed by atoms with van der Waals surface area (Å²) in [4.78, 5) is 11.7. The van der Waals surface area contributed by atoms with Gasteiger partial charge in [0.15, 0.2) is 5.78 Å². The molecular formula is C10H12O4S. The molecule has 1 atom stereocenters. The van der Waals surface area contributed by atoms with E-state index in [1.54, 1.807) is 25.1 Å². The largest absolute Gasteiger partial charge is 0.293 e. The molecular weight excluding hydrogens is 216 g/mol. The normalized spacial score (nSPS) is 13.5. The maximum atomic E-state index is 11.7. The molecule has 0 amide bonds. The molecule has 0 aliphatic rings. The van der Waals surface area contributed by atoms with Crippen molar-refractivity contribution in [3.8, 4) is 0 Å². The zero-order valence-electron chi connectivity index (χ0n) is 8.25. The minimum Gasteiger partial charge on any atom is -0.293 e. The van der Waals surface area contributed by atoms with Gasteiger partial charge in [0.05, 0.1) is 0 Å². The third-order valence-electron chi connectivity index (χ3n) is 2.08. The number of benzene rings is 1. The van der Waals surface area contributed by atoms with Crippen LogP contribution in [-0.2, 0) is 10.1 Å². The van der Waals surface area contributed by atoms with Gasteiger partial charge in [-0.2, -0.15) is 8.42 Å². The van der Waals surface area contributed by atoms with Gasteiger partial charge in [-0.15, -0.1) is 0 Å². The standard InChI is InChI=1S/C10H12O4S/c1-2-9(15(12,13)14)10(11)8-6-4-3-5-7-8/h3-7,9H,2H2,1H3,(H,12,13,14). The summed E-state index contributed by atoms with van der Waals surface area (Å²) in [6, 6.07) is 8.06. The number of carbonyl (C=O) groups is 1. The minimum atomic E-state index is -4.31. The second-order valence-electron chi connectivity index (χ2n) is 3.14. The molecule has 0 aliphatic carbocycles. The van der Waals surface area contributed by atoms with Gasteiger partial charge in [-0.3, -0.25) is 9.35 Å². The lowest BCUT2D eigenvalue weighted by Gasteiger charge is -2.09. The number of hydrogen-bond acceptors (Lipinski definition) is 3. The SMILES string of the molecule is CCC(C(=O)c1ccccc1)S(=O)(=O)O. The van der Waals surface area contributed by atoms with Gasteiger partial charge in [0.25, 0.3) is 10.1 Å². The van der Waals surface area contributed by atoms with Crippen molar-refractivity contribution in [2.24, 2.45) is 0 Å². The summed E-state index contributed by atoms with van der Waals surface area (Å²) in [5.74, 6) is -0.569. The molecule has 0 fully saturated rings. The predicted molar refractivity (Wildman–Crippen MR) is 56.4 cm³/mol. The molecule has 0 saturated heterocycles. The zero-order chi connectivity index (χ0) is 11.5. The van der Waals surface area contributed by atoms with E-state index in [9.17, 15) is 13.2 Å². The lowest BCUT2D eigenvalue weighted by molar-refractivity contribution is 0.0983. The number of Topliss-reactive ketones (excluding diaryl/α,β-unsaturated/α-hetero) is 1. The summed E-state index contributed by atoms with van der Waals surface area (Å²) in [6.45, 7) is 1.54. The van der Waals surface area contributed by atoms with Crippen LogP contribution < -0.4 is 0 Å². The van der Waals surface area contributed by atoms with Gasteiger partial charge < -0.3 is 0 Å². The van der Waals surface area contributed by atoms with Crippen LogP contribution >= 0.6 is 0 Å². The Bertz CT molecular complexity index is 436. The van der Waals surface area contributed by atoms with Crippen molar-refractivity contribution in [2.45, 2.75) is 18.6 Å². The predicted octanol–water partition coefficient (Wildman–Crippen LogP) is 1.54. The number of ketones is 1. The lowest BCUT2D eigenvalue weighted by Crippen LogP contribution is -2.29. The molecule has 0 aromatic heterocycles. The summed E-state index contributed by atoms with van der Waals surface area (Å²) in [5, 5.41) is -1.36. The first-order chi connectivity index (χ1) is 6.96. The Morgan fingerprint density at radius 3 is 2.27 bits per heavy atom. The van der Waals surface area contributed by atoms with Gasteiger partial charge in [0.2, 0.25) is 0 Å². The van der Waals surface area contributed by atoms with Crippen LogP contribution in [0.25, 0.3) is 0 Å². The third kappa shape index (κ3) is 2.87. The second-order valence-corrected chi connectivity index (χ2v) is 4.74. The Labute approximate surface area is 88.7 Å². The molecule has 15 heavy (non-hydrogen) atoms. The van der Waals surface area contributed by atoms with Crippen LogP contribution in [0, 0.1) is 0 Å². The number of rotatable bonds is 4. The lowest BCUT2D eigenvalue weighted by atomic mass is 10.1. The highest BCUT2D eigenvalue weighted by molar-refractivity contribution is 7.87. The van der Waals surface area contributed by atoms with Crippen molar-refractivity contribution in [3.05, 3.63) is 35.9 Å². The molecule has 0 spiro atoms. The highest BCUT2D eigenvalue weighted by atomic mass is 32.2. The molecule has 1 N–H and O–H groups in total. The van der Waals surface area contributed by atoms with Gasteiger partial charge in [-0.1, -0.05) is 37.3 Å². The Kier molecular flexibility index (Phi) is 3.60. The van der Waals surface area contributed by atoms with Crippen molar-refractivity contribution in [1.29, 1.82) is 0 Å². The maximum Gasteiger partial charge on any atom is 0.275 e. The fraction of sp³-hybridized carbons (Fsp3) is 0.300. The van der Waals surface area contributed by atoms with E-state index < -0.39 is 21.2 Å². The average molecular weight is 228 g/mol. The number of carbonyl (C=O) groups excluding carboxylic acids is 1. The van der Waals surface area contributed by atoms with E-state index in [0.717, 1.165) is 0 Å². The quantitative estimate of drug-likeness (QED) is 0.626. The molecule has 0 bridgehead atoms. The van der Waals surface area contributed by atoms with Crippen LogP contribution in [0.2, 0.25) is 0 Å². The Morgan fingerprint density at radius 1 is 1.33 bits per heavy atom. The first-order valence-electron chi connectivity index (χ1n) is 4.52. The Hall–Kier alpha value is -1.20. The smallest absolute Gasteiger partial charge is 0.275 e. The highest BCUT2D eigenvalue weighted by Gasteiger charge is 2.29. The van der Waals surface area contributed by atoms with Crippen molar-refractivity contribution < 1.29 is 17.8 Å². The van der Waals surface area contributed by atoms with E-state index in [-0.39, 0.29) is 6.42 Å². The fourth-order valence-corrected chi connectivity index (χ4v) is 2.15.